The van der Waals surface area contributed by atoms with Crippen molar-refractivity contribution in [2.45, 2.75) is 0 Å². The monoisotopic (exact) mass is 276 g/mol. The molecule has 0 heterocycles. The van der Waals surface area contributed by atoms with Crippen LogP contribution >= 0.6 is 0 Å². The van der Waals surface area contributed by atoms with E-state index in [-0.39, 0.29) is 11.3 Å². The summed E-state index contributed by atoms with van der Waals surface area (Å²) in [6.45, 7) is 0. The standard InChI is InChI=1S/C17H12N2O2/c18-11-15(14-9-5-2-6-10-14)16(17(20)21)19-12-13-7-3-1-4-8-13/h1-10,12H,(H,20,21). The molecule has 0 bridgehead atoms. The molecule has 0 aliphatic rings. The third-order valence-corrected chi connectivity index (χ3v) is 2.76. The van der Waals surface area contributed by atoms with E-state index in [1.807, 2.05) is 24.3 Å². The van der Waals surface area contributed by atoms with Crippen LogP contribution in [0, 0.1) is 11.3 Å². The van der Waals surface area contributed by atoms with Gasteiger partial charge in [0.15, 0.2) is 5.70 Å². The fraction of sp³-hybridized carbons (Fsp3) is 0. The molecule has 0 aliphatic carbocycles. The van der Waals surface area contributed by atoms with Crippen LogP contribution in [0.3, 0.4) is 0 Å². The normalized spacial score (nSPS) is 11.8. The molecule has 4 nitrogen and oxygen atoms in total. The Bertz CT molecular complexity index is 726. The van der Waals surface area contributed by atoms with Crippen molar-refractivity contribution in [2.24, 2.45) is 4.99 Å². The van der Waals surface area contributed by atoms with Crippen molar-refractivity contribution < 1.29 is 9.90 Å². The molecule has 0 aliphatic heterocycles. The second-order valence-electron chi connectivity index (χ2n) is 4.18. The van der Waals surface area contributed by atoms with Gasteiger partial charge in [-0.25, -0.2) is 9.79 Å². The highest BCUT2D eigenvalue weighted by molar-refractivity contribution is 6.01. The molecule has 1 N–H and O–H groups in total. The van der Waals surface area contributed by atoms with Crippen molar-refractivity contribution in [3.63, 3.8) is 0 Å². The Morgan fingerprint density at radius 3 is 2.14 bits per heavy atom. The molecule has 4 heteroatoms. The van der Waals surface area contributed by atoms with Crippen molar-refractivity contribution >= 4 is 17.8 Å². The number of aliphatic imine (C=N–C) groups is 1. The van der Waals surface area contributed by atoms with Gasteiger partial charge in [0.25, 0.3) is 0 Å². The zero-order valence-electron chi connectivity index (χ0n) is 11.1. The quantitative estimate of drug-likeness (QED) is 0.529. The molecule has 0 amide bonds. The highest BCUT2D eigenvalue weighted by atomic mass is 16.4. The van der Waals surface area contributed by atoms with Crippen LogP contribution in [-0.4, -0.2) is 17.3 Å². The minimum absolute atomic E-state index is 0.0373. The van der Waals surface area contributed by atoms with Crippen molar-refractivity contribution in [3.05, 3.63) is 77.5 Å². The Balaban J connectivity index is 2.47. The largest absolute Gasteiger partial charge is 0.476 e. The second-order valence-corrected chi connectivity index (χ2v) is 4.18. The number of carboxylic acids is 1. The maximum absolute atomic E-state index is 11.4. The first-order valence-electron chi connectivity index (χ1n) is 6.24. The summed E-state index contributed by atoms with van der Waals surface area (Å²) in [4.78, 5) is 15.3. The highest BCUT2D eigenvalue weighted by Gasteiger charge is 2.14. The average Bonchev–Trinajstić information content (AvgIpc) is 2.53. The predicted molar refractivity (Wildman–Crippen MR) is 80.6 cm³/mol. The van der Waals surface area contributed by atoms with Crippen LogP contribution < -0.4 is 0 Å². The van der Waals surface area contributed by atoms with Crippen molar-refractivity contribution in [1.29, 1.82) is 5.26 Å². The van der Waals surface area contributed by atoms with E-state index in [9.17, 15) is 15.2 Å². The molecule has 102 valence electrons. The summed E-state index contributed by atoms with van der Waals surface area (Å²) < 4.78 is 0. The van der Waals surface area contributed by atoms with Crippen molar-refractivity contribution in [1.82, 2.24) is 0 Å². The van der Waals surface area contributed by atoms with Gasteiger partial charge in [0.1, 0.15) is 6.07 Å². The van der Waals surface area contributed by atoms with Crippen LogP contribution in [0.4, 0.5) is 0 Å². The van der Waals surface area contributed by atoms with Gasteiger partial charge >= 0.3 is 5.97 Å². The molecule has 0 fully saturated rings. The number of hydrogen-bond donors (Lipinski definition) is 1. The summed E-state index contributed by atoms with van der Waals surface area (Å²) >= 11 is 0. The van der Waals surface area contributed by atoms with Crippen LogP contribution in [-0.2, 0) is 4.79 Å². The Morgan fingerprint density at radius 1 is 1.05 bits per heavy atom. The molecule has 0 radical (unpaired) electrons. The SMILES string of the molecule is N#CC(=C(N=Cc1ccccc1)C(=O)O)c1ccccc1. The first-order valence-corrected chi connectivity index (χ1v) is 6.24. The van der Waals surface area contributed by atoms with Crippen LogP contribution in [0.2, 0.25) is 0 Å². The fourth-order valence-corrected chi connectivity index (χ4v) is 1.76. The molecule has 0 unspecified atom stereocenters. The number of hydrogen-bond acceptors (Lipinski definition) is 3. The number of benzene rings is 2. The molecule has 2 rings (SSSR count). The first-order chi connectivity index (χ1) is 10.2. The molecule has 2 aromatic rings. The predicted octanol–water partition coefficient (Wildman–Crippen LogP) is 3.12. The number of allylic oxidation sites excluding steroid dienone is 1. The van der Waals surface area contributed by atoms with Gasteiger partial charge in [0.2, 0.25) is 0 Å². The Hall–Kier alpha value is -3.19. The van der Waals surface area contributed by atoms with Gasteiger partial charge in [0.05, 0.1) is 5.57 Å². The Kier molecular flexibility index (Phi) is 4.62. The molecule has 0 saturated carbocycles. The first kappa shape index (κ1) is 14.2. The lowest BCUT2D eigenvalue weighted by Crippen LogP contribution is -2.02. The third-order valence-electron chi connectivity index (χ3n) is 2.76. The summed E-state index contributed by atoms with van der Waals surface area (Å²) in [7, 11) is 0. The van der Waals surface area contributed by atoms with Gasteiger partial charge in [-0.2, -0.15) is 5.26 Å². The molecular formula is C17H12N2O2. The summed E-state index contributed by atoms with van der Waals surface area (Å²) in [5.74, 6) is -1.23. The zero-order chi connectivity index (χ0) is 15.1. The van der Waals surface area contributed by atoms with E-state index in [2.05, 4.69) is 4.99 Å². The fourth-order valence-electron chi connectivity index (χ4n) is 1.76. The van der Waals surface area contributed by atoms with E-state index >= 15 is 0 Å². The van der Waals surface area contributed by atoms with Gasteiger partial charge in [0, 0.05) is 6.21 Å². The van der Waals surface area contributed by atoms with Gasteiger partial charge < -0.3 is 5.11 Å². The van der Waals surface area contributed by atoms with E-state index in [1.54, 1.807) is 42.5 Å². The second kappa shape index (κ2) is 6.83. The molecule has 0 atom stereocenters. The van der Waals surface area contributed by atoms with Gasteiger partial charge in [-0.3, -0.25) is 0 Å². The molecular weight excluding hydrogens is 264 g/mol. The Labute approximate surface area is 122 Å². The van der Waals surface area contributed by atoms with Gasteiger partial charge in [-0.1, -0.05) is 60.7 Å². The topological polar surface area (TPSA) is 73.5 Å². The van der Waals surface area contributed by atoms with Gasteiger partial charge in [-0.15, -0.1) is 0 Å². The number of carboxylic acid groups (broad SMARTS) is 1. The average molecular weight is 276 g/mol. The van der Waals surface area contributed by atoms with Crippen LogP contribution in [0.5, 0.6) is 0 Å². The smallest absolute Gasteiger partial charge is 0.355 e. The summed E-state index contributed by atoms with van der Waals surface area (Å²) in [5, 5.41) is 18.5. The van der Waals surface area contributed by atoms with E-state index in [4.69, 9.17) is 0 Å². The molecule has 0 spiro atoms. The third kappa shape index (κ3) is 3.64. The maximum atomic E-state index is 11.4. The van der Waals surface area contributed by atoms with E-state index < -0.39 is 5.97 Å². The number of nitriles is 1. The number of aliphatic carboxylic acids is 1. The number of rotatable bonds is 4. The lowest BCUT2D eigenvalue weighted by atomic mass is 10.1. The van der Waals surface area contributed by atoms with Crippen LogP contribution in [0.15, 0.2) is 71.4 Å². The zero-order valence-corrected chi connectivity index (χ0v) is 11.1. The Morgan fingerprint density at radius 2 is 1.62 bits per heavy atom. The van der Waals surface area contributed by atoms with Crippen LogP contribution in [0.1, 0.15) is 11.1 Å². The summed E-state index contributed by atoms with van der Waals surface area (Å²) in [5.41, 5.74) is 1.06. The van der Waals surface area contributed by atoms with E-state index in [0.29, 0.717) is 5.56 Å². The highest BCUT2D eigenvalue weighted by Crippen LogP contribution is 2.19. The minimum Gasteiger partial charge on any atom is -0.476 e. The number of nitrogens with zero attached hydrogens (tertiary/aromatic N) is 2. The van der Waals surface area contributed by atoms with Crippen molar-refractivity contribution in [3.8, 4) is 6.07 Å². The molecule has 0 aromatic heterocycles. The lowest BCUT2D eigenvalue weighted by molar-refractivity contribution is -0.132. The van der Waals surface area contributed by atoms with E-state index in [1.165, 1.54) is 6.21 Å². The lowest BCUT2D eigenvalue weighted by Gasteiger charge is -2.02. The molecule has 21 heavy (non-hydrogen) atoms. The maximum Gasteiger partial charge on any atom is 0.355 e. The number of carbonyl (C=O) groups is 1. The van der Waals surface area contributed by atoms with E-state index in [0.717, 1.165) is 5.56 Å². The molecule has 0 saturated heterocycles. The summed E-state index contributed by atoms with van der Waals surface area (Å²) in [6, 6.07) is 19.7. The molecule has 2 aromatic carbocycles. The van der Waals surface area contributed by atoms with Crippen molar-refractivity contribution in [2.75, 3.05) is 0 Å². The summed E-state index contributed by atoms with van der Waals surface area (Å²) in [6.07, 6.45) is 1.43. The van der Waals surface area contributed by atoms with Crippen LogP contribution in [0.25, 0.3) is 5.57 Å². The minimum atomic E-state index is -1.23. The van der Waals surface area contributed by atoms with Gasteiger partial charge in [-0.05, 0) is 11.1 Å².